The minimum absolute atomic E-state index is 0.000604. The normalized spacial score (nSPS) is 30.1. The van der Waals surface area contributed by atoms with Crippen LogP contribution in [0.3, 0.4) is 0 Å². The second-order valence-electron chi connectivity index (χ2n) is 6.83. The second kappa shape index (κ2) is 5.75. The summed E-state index contributed by atoms with van der Waals surface area (Å²) in [6, 6.07) is 7.88. The Morgan fingerprint density at radius 3 is 2.96 bits per heavy atom. The molecular formula is C19H18N2O3S. The first-order valence-electron chi connectivity index (χ1n) is 8.70. The molecule has 1 aromatic carbocycles. The van der Waals surface area contributed by atoms with Crippen LogP contribution in [-0.2, 0) is 4.79 Å². The van der Waals surface area contributed by atoms with Gasteiger partial charge < -0.3 is 9.32 Å². The summed E-state index contributed by atoms with van der Waals surface area (Å²) >= 11 is 1.51. The van der Waals surface area contributed by atoms with Crippen molar-refractivity contribution in [2.45, 2.75) is 43.3 Å². The Labute approximate surface area is 149 Å². The highest BCUT2D eigenvalue weighted by Gasteiger charge is 2.49. The highest BCUT2D eigenvalue weighted by atomic mass is 32.2. The number of hydrogen-bond acceptors (Lipinski definition) is 5. The molecule has 0 bridgehead atoms. The van der Waals surface area contributed by atoms with Crippen molar-refractivity contribution in [2.75, 3.05) is 0 Å². The van der Waals surface area contributed by atoms with Crippen molar-refractivity contribution in [3.63, 3.8) is 0 Å². The first-order valence-corrected chi connectivity index (χ1v) is 9.58. The summed E-state index contributed by atoms with van der Waals surface area (Å²) in [5, 5.41) is 4.11. The topological polar surface area (TPSA) is 62.6 Å². The van der Waals surface area contributed by atoms with E-state index in [-0.39, 0.29) is 22.9 Å². The zero-order chi connectivity index (χ0) is 17.0. The van der Waals surface area contributed by atoms with E-state index in [4.69, 9.17) is 4.42 Å². The summed E-state index contributed by atoms with van der Waals surface area (Å²) in [5.41, 5.74) is 0.890. The van der Waals surface area contributed by atoms with E-state index in [2.05, 4.69) is 5.32 Å². The van der Waals surface area contributed by atoms with Crippen molar-refractivity contribution in [3.05, 3.63) is 51.2 Å². The summed E-state index contributed by atoms with van der Waals surface area (Å²) in [5.74, 6) is 0.0319. The van der Waals surface area contributed by atoms with E-state index in [0.29, 0.717) is 27.5 Å². The highest BCUT2D eigenvalue weighted by molar-refractivity contribution is 8.05. The molecule has 1 aliphatic carbocycles. The third kappa shape index (κ3) is 2.35. The van der Waals surface area contributed by atoms with Gasteiger partial charge in [-0.25, -0.2) is 0 Å². The molecule has 2 aliphatic heterocycles. The highest BCUT2D eigenvalue weighted by Crippen LogP contribution is 2.43. The molecule has 3 heterocycles. The summed E-state index contributed by atoms with van der Waals surface area (Å²) in [6.45, 7) is 0. The number of amides is 1. The minimum Gasteiger partial charge on any atom is -0.463 e. The fourth-order valence-corrected chi connectivity index (χ4v) is 5.40. The van der Waals surface area contributed by atoms with E-state index in [1.165, 1.54) is 30.9 Å². The molecule has 2 aromatic rings. The summed E-state index contributed by atoms with van der Waals surface area (Å²) < 4.78 is 5.55. The van der Waals surface area contributed by atoms with Crippen LogP contribution in [0.15, 0.2) is 44.6 Å². The van der Waals surface area contributed by atoms with E-state index < -0.39 is 0 Å². The predicted octanol–water partition coefficient (Wildman–Crippen LogP) is 2.91. The first-order chi connectivity index (χ1) is 12.2. The standard InChI is InChI=1S/C19H18N2O3S/c22-17-11(10-24-15-8-4-1-5-12(15)17)9-16-18(23)21-14-7-3-2-6-13(14)20-19(21)25-16/h1,4-5,8-10,13-14,19-20H,2-3,6-7H2/b16-9-. The molecule has 0 spiro atoms. The van der Waals surface area contributed by atoms with Gasteiger partial charge in [0.1, 0.15) is 17.3 Å². The number of nitrogens with one attached hydrogen (secondary N) is 1. The number of hydrogen-bond donors (Lipinski definition) is 1. The van der Waals surface area contributed by atoms with Gasteiger partial charge in [-0.2, -0.15) is 0 Å². The average molecular weight is 354 g/mol. The molecule has 0 radical (unpaired) electrons. The zero-order valence-electron chi connectivity index (χ0n) is 13.6. The molecule has 5 nitrogen and oxygen atoms in total. The van der Waals surface area contributed by atoms with E-state index in [1.54, 1.807) is 18.2 Å². The molecule has 2 saturated heterocycles. The largest absolute Gasteiger partial charge is 0.463 e. The molecule has 3 fully saturated rings. The lowest BCUT2D eigenvalue weighted by atomic mass is 9.91. The Morgan fingerprint density at radius 2 is 2.04 bits per heavy atom. The maximum absolute atomic E-state index is 12.9. The average Bonchev–Trinajstić information content (AvgIpc) is 3.14. The molecule has 128 valence electrons. The van der Waals surface area contributed by atoms with Crippen LogP contribution in [-0.4, -0.2) is 28.4 Å². The van der Waals surface area contributed by atoms with Crippen molar-refractivity contribution in [1.29, 1.82) is 0 Å². The van der Waals surface area contributed by atoms with Crippen LogP contribution >= 0.6 is 11.8 Å². The van der Waals surface area contributed by atoms with Crippen LogP contribution in [0.1, 0.15) is 31.2 Å². The number of thioether (sulfide) groups is 1. The lowest BCUT2D eigenvalue weighted by molar-refractivity contribution is -0.127. The summed E-state index contributed by atoms with van der Waals surface area (Å²) in [7, 11) is 0. The number of carbonyl (C=O) groups excluding carboxylic acids is 1. The van der Waals surface area contributed by atoms with E-state index in [9.17, 15) is 9.59 Å². The Balaban J connectivity index is 1.50. The van der Waals surface area contributed by atoms with Crippen molar-refractivity contribution in [3.8, 4) is 0 Å². The van der Waals surface area contributed by atoms with Gasteiger partial charge in [-0.05, 0) is 31.1 Å². The van der Waals surface area contributed by atoms with E-state index in [1.807, 2.05) is 17.0 Å². The van der Waals surface area contributed by atoms with Crippen LogP contribution < -0.4 is 10.7 Å². The monoisotopic (exact) mass is 354 g/mol. The molecule has 1 saturated carbocycles. The zero-order valence-corrected chi connectivity index (χ0v) is 14.4. The van der Waals surface area contributed by atoms with E-state index in [0.717, 1.165) is 12.8 Å². The van der Waals surface area contributed by atoms with Crippen molar-refractivity contribution in [2.24, 2.45) is 0 Å². The van der Waals surface area contributed by atoms with Crippen LogP contribution in [0.4, 0.5) is 0 Å². The van der Waals surface area contributed by atoms with Crippen molar-refractivity contribution < 1.29 is 9.21 Å². The van der Waals surface area contributed by atoms with Crippen LogP contribution in [0.5, 0.6) is 0 Å². The molecule has 5 rings (SSSR count). The van der Waals surface area contributed by atoms with E-state index >= 15 is 0 Å². The van der Waals surface area contributed by atoms with Gasteiger partial charge >= 0.3 is 0 Å². The molecule has 1 N–H and O–H groups in total. The first kappa shape index (κ1) is 15.2. The summed E-state index contributed by atoms with van der Waals surface area (Å²) in [6.07, 6.45) is 7.74. The van der Waals surface area contributed by atoms with Gasteiger partial charge in [-0.3, -0.25) is 14.9 Å². The van der Waals surface area contributed by atoms with Crippen molar-refractivity contribution >= 4 is 34.7 Å². The SMILES string of the molecule is O=C1/C(=C/c2coc3ccccc3c2=O)SC2NC3CCCCC3N12. The number of fused-ring (bicyclic) bond motifs is 4. The van der Waals surface area contributed by atoms with Gasteiger partial charge in [0.15, 0.2) is 5.43 Å². The molecule has 3 unspecified atom stereocenters. The Hall–Kier alpha value is -2.05. The third-order valence-corrected chi connectivity index (χ3v) is 6.51. The van der Waals surface area contributed by atoms with Gasteiger partial charge in [0.2, 0.25) is 0 Å². The number of nitrogens with zero attached hydrogens (tertiary/aromatic N) is 1. The quantitative estimate of drug-likeness (QED) is 0.798. The Kier molecular flexibility index (Phi) is 3.50. The van der Waals surface area contributed by atoms with Crippen molar-refractivity contribution in [1.82, 2.24) is 10.2 Å². The number of carbonyl (C=O) groups is 1. The molecule has 1 aromatic heterocycles. The third-order valence-electron chi connectivity index (χ3n) is 5.37. The molecule has 3 aliphatic rings. The predicted molar refractivity (Wildman–Crippen MR) is 97.9 cm³/mol. The van der Waals surface area contributed by atoms with Crippen LogP contribution in [0, 0.1) is 0 Å². The Morgan fingerprint density at radius 1 is 1.20 bits per heavy atom. The minimum atomic E-state index is -0.0988. The maximum atomic E-state index is 12.9. The fourth-order valence-electron chi connectivity index (χ4n) is 4.15. The van der Waals surface area contributed by atoms with Gasteiger partial charge in [0.05, 0.1) is 15.9 Å². The lowest BCUT2D eigenvalue weighted by Gasteiger charge is -2.29. The molecule has 1 amide bonds. The number of para-hydroxylation sites is 1. The number of benzene rings is 1. The maximum Gasteiger partial charge on any atom is 0.262 e. The molecule has 6 heteroatoms. The van der Waals surface area contributed by atoms with Crippen LogP contribution in [0.2, 0.25) is 0 Å². The summed E-state index contributed by atoms with van der Waals surface area (Å²) in [4.78, 5) is 28.1. The van der Waals surface area contributed by atoms with Gasteiger partial charge in [0, 0.05) is 12.1 Å². The van der Waals surface area contributed by atoms with Crippen LogP contribution in [0.25, 0.3) is 17.0 Å². The van der Waals surface area contributed by atoms with Gasteiger partial charge in [0.25, 0.3) is 5.91 Å². The smallest absolute Gasteiger partial charge is 0.262 e. The van der Waals surface area contributed by atoms with Gasteiger partial charge in [-0.1, -0.05) is 36.7 Å². The number of rotatable bonds is 1. The molecule has 25 heavy (non-hydrogen) atoms. The Bertz CT molecular complexity index is 951. The molecular weight excluding hydrogens is 336 g/mol. The molecule has 3 atom stereocenters. The van der Waals surface area contributed by atoms with Gasteiger partial charge in [-0.15, -0.1) is 0 Å². The second-order valence-corrected chi connectivity index (χ2v) is 7.95. The fraction of sp³-hybridized carbons (Fsp3) is 0.368. The lowest BCUT2D eigenvalue weighted by Crippen LogP contribution is -2.40.